The Bertz CT molecular complexity index is 296. The van der Waals surface area contributed by atoms with Gasteiger partial charge in [0.2, 0.25) is 0 Å². The van der Waals surface area contributed by atoms with Crippen molar-refractivity contribution in [1.29, 1.82) is 0 Å². The average molecular weight is 223 g/mol. The van der Waals surface area contributed by atoms with Crippen molar-refractivity contribution >= 4 is 5.96 Å². The first-order valence-electron chi connectivity index (χ1n) is 6.57. The highest BCUT2D eigenvalue weighted by Gasteiger charge is 2.43. The number of likely N-dealkylation sites (N-methyl/N-ethyl adjacent to an activating group) is 1. The number of rotatable bonds is 1. The van der Waals surface area contributed by atoms with Gasteiger partial charge in [0, 0.05) is 6.54 Å². The highest BCUT2D eigenvalue weighted by Crippen LogP contribution is 2.42. The Kier molecular flexibility index (Phi) is 2.89. The van der Waals surface area contributed by atoms with Crippen LogP contribution in [-0.4, -0.2) is 29.5 Å². The van der Waals surface area contributed by atoms with Gasteiger partial charge in [0.25, 0.3) is 0 Å². The van der Waals surface area contributed by atoms with Crippen LogP contribution >= 0.6 is 0 Å². The molecule has 1 aliphatic carbocycles. The lowest BCUT2D eigenvalue weighted by atomic mass is 9.83. The van der Waals surface area contributed by atoms with Crippen LogP contribution in [0.2, 0.25) is 0 Å². The molecule has 0 radical (unpaired) electrons. The van der Waals surface area contributed by atoms with E-state index in [0.29, 0.717) is 5.41 Å². The summed E-state index contributed by atoms with van der Waals surface area (Å²) in [5.74, 6) is 0.766. The summed E-state index contributed by atoms with van der Waals surface area (Å²) >= 11 is 0. The Morgan fingerprint density at radius 1 is 1.25 bits per heavy atom. The second kappa shape index (κ2) is 3.94. The Balaban J connectivity index is 2.15. The molecule has 1 aliphatic heterocycles. The Morgan fingerprint density at radius 2 is 2.00 bits per heavy atom. The van der Waals surface area contributed by atoms with Crippen molar-refractivity contribution in [2.45, 2.75) is 58.4 Å². The van der Waals surface area contributed by atoms with Crippen LogP contribution in [-0.2, 0) is 0 Å². The van der Waals surface area contributed by atoms with Crippen LogP contribution in [0.15, 0.2) is 4.99 Å². The van der Waals surface area contributed by atoms with Crippen LogP contribution < -0.4 is 5.73 Å². The number of nitrogens with zero attached hydrogens (tertiary/aromatic N) is 2. The standard InChI is InChI=1S/C13H25N3/c1-4-16-11(14)15-10-13(16)7-5-6-12(2,3)8-9-13/h4-10H2,1-3H3,(H2,14,15). The lowest BCUT2D eigenvalue weighted by molar-refractivity contribution is 0.175. The van der Waals surface area contributed by atoms with E-state index in [9.17, 15) is 0 Å². The molecule has 3 heteroatoms. The van der Waals surface area contributed by atoms with E-state index >= 15 is 0 Å². The summed E-state index contributed by atoms with van der Waals surface area (Å²) in [6, 6.07) is 0. The fraction of sp³-hybridized carbons (Fsp3) is 0.923. The quantitative estimate of drug-likeness (QED) is 0.741. The van der Waals surface area contributed by atoms with Gasteiger partial charge in [0.05, 0.1) is 12.1 Å². The number of hydrogen-bond acceptors (Lipinski definition) is 3. The third-order valence-electron chi connectivity index (χ3n) is 4.46. The van der Waals surface area contributed by atoms with Crippen LogP contribution in [0.25, 0.3) is 0 Å². The third-order valence-corrected chi connectivity index (χ3v) is 4.46. The first-order valence-corrected chi connectivity index (χ1v) is 6.57. The predicted molar refractivity (Wildman–Crippen MR) is 68.5 cm³/mol. The maximum absolute atomic E-state index is 5.99. The number of nitrogens with two attached hydrogens (primary N) is 1. The lowest BCUT2D eigenvalue weighted by Gasteiger charge is -2.38. The molecular formula is C13H25N3. The van der Waals surface area contributed by atoms with Gasteiger partial charge in [-0.2, -0.15) is 0 Å². The molecule has 0 saturated heterocycles. The zero-order chi connectivity index (χ0) is 11.8. The van der Waals surface area contributed by atoms with E-state index in [1.54, 1.807) is 0 Å². The fourth-order valence-electron chi connectivity index (χ4n) is 3.28. The first kappa shape index (κ1) is 11.7. The minimum Gasteiger partial charge on any atom is -0.370 e. The van der Waals surface area contributed by atoms with Gasteiger partial charge in [-0.15, -0.1) is 0 Å². The Labute approximate surface area is 99.1 Å². The Morgan fingerprint density at radius 3 is 2.69 bits per heavy atom. The topological polar surface area (TPSA) is 41.6 Å². The molecule has 0 bridgehead atoms. The Hall–Kier alpha value is -0.730. The summed E-state index contributed by atoms with van der Waals surface area (Å²) in [4.78, 5) is 6.82. The molecular weight excluding hydrogens is 198 g/mol. The van der Waals surface area contributed by atoms with Crippen molar-refractivity contribution in [3.63, 3.8) is 0 Å². The van der Waals surface area contributed by atoms with Crippen LogP contribution in [0.1, 0.15) is 52.9 Å². The second-order valence-electron chi connectivity index (χ2n) is 6.16. The zero-order valence-corrected chi connectivity index (χ0v) is 10.9. The molecule has 2 aliphatic rings. The fourth-order valence-corrected chi connectivity index (χ4v) is 3.28. The largest absolute Gasteiger partial charge is 0.370 e. The molecule has 2 rings (SSSR count). The maximum Gasteiger partial charge on any atom is 0.191 e. The lowest BCUT2D eigenvalue weighted by Crippen LogP contribution is -2.51. The van der Waals surface area contributed by atoms with E-state index in [1.165, 1.54) is 32.1 Å². The number of hydrogen-bond donors (Lipinski definition) is 1. The van der Waals surface area contributed by atoms with E-state index in [0.717, 1.165) is 19.0 Å². The molecule has 0 aromatic carbocycles. The SMILES string of the molecule is CCN1C(N)=NCC12CCCC(C)(C)CC2. The summed E-state index contributed by atoms with van der Waals surface area (Å²) in [5, 5.41) is 0. The van der Waals surface area contributed by atoms with Crippen LogP contribution in [0.5, 0.6) is 0 Å². The zero-order valence-electron chi connectivity index (χ0n) is 10.9. The van der Waals surface area contributed by atoms with Crippen molar-refractivity contribution in [2.24, 2.45) is 16.1 Å². The van der Waals surface area contributed by atoms with E-state index in [1.807, 2.05) is 0 Å². The van der Waals surface area contributed by atoms with Gasteiger partial charge in [0.15, 0.2) is 5.96 Å². The van der Waals surface area contributed by atoms with E-state index in [-0.39, 0.29) is 5.54 Å². The first-order chi connectivity index (χ1) is 7.49. The van der Waals surface area contributed by atoms with Crippen molar-refractivity contribution in [3.8, 4) is 0 Å². The molecule has 1 fully saturated rings. The van der Waals surface area contributed by atoms with Crippen molar-refractivity contribution in [3.05, 3.63) is 0 Å². The van der Waals surface area contributed by atoms with Crippen LogP contribution in [0, 0.1) is 5.41 Å². The van der Waals surface area contributed by atoms with E-state index in [4.69, 9.17) is 5.73 Å². The average Bonchev–Trinajstić information content (AvgIpc) is 2.44. The van der Waals surface area contributed by atoms with E-state index < -0.39 is 0 Å². The van der Waals surface area contributed by atoms with Crippen molar-refractivity contribution in [2.75, 3.05) is 13.1 Å². The summed E-state index contributed by atoms with van der Waals surface area (Å²) in [6.07, 6.45) is 6.46. The molecule has 16 heavy (non-hydrogen) atoms. The summed E-state index contributed by atoms with van der Waals surface area (Å²) in [5.41, 5.74) is 6.75. The summed E-state index contributed by atoms with van der Waals surface area (Å²) < 4.78 is 0. The number of aliphatic imine (C=N–C) groups is 1. The molecule has 0 aromatic rings. The van der Waals surface area contributed by atoms with Crippen molar-refractivity contribution in [1.82, 2.24) is 4.90 Å². The van der Waals surface area contributed by atoms with Gasteiger partial charge >= 0.3 is 0 Å². The molecule has 0 aromatic heterocycles. The molecule has 0 amide bonds. The molecule has 1 atom stereocenters. The summed E-state index contributed by atoms with van der Waals surface area (Å²) in [6.45, 7) is 8.88. The maximum atomic E-state index is 5.99. The molecule has 1 saturated carbocycles. The molecule has 1 heterocycles. The van der Waals surface area contributed by atoms with Crippen LogP contribution in [0.4, 0.5) is 0 Å². The number of guanidine groups is 1. The van der Waals surface area contributed by atoms with E-state index in [2.05, 4.69) is 30.7 Å². The molecule has 92 valence electrons. The minimum atomic E-state index is 0.257. The molecule has 1 spiro atoms. The summed E-state index contributed by atoms with van der Waals surface area (Å²) in [7, 11) is 0. The predicted octanol–water partition coefficient (Wildman–Crippen LogP) is 2.37. The minimum absolute atomic E-state index is 0.257. The van der Waals surface area contributed by atoms with Gasteiger partial charge in [-0.25, -0.2) is 0 Å². The smallest absolute Gasteiger partial charge is 0.191 e. The molecule has 3 nitrogen and oxygen atoms in total. The molecule has 2 N–H and O–H groups in total. The van der Waals surface area contributed by atoms with Gasteiger partial charge in [0.1, 0.15) is 0 Å². The highest BCUT2D eigenvalue weighted by molar-refractivity contribution is 5.81. The van der Waals surface area contributed by atoms with Gasteiger partial charge in [-0.3, -0.25) is 4.99 Å². The molecule has 1 unspecified atom stereocenters. The van der Waals surface area contributed by atoms with Gasteiger partial charge in [-0.1, -0.05) is 20.3 Å². The van der Waals surface area contributed by atoms with Gasteiger partial charge < -0.3 is 10.6 Å². The third kappa shape index (κ3) is 1.92. The monoisotopic (exact) mass is 223 g/mol. The second-order valence-corrected chi connectivity index (χ2v) is 6.16. The van der Waals surface area contributed by atoms with Crippen LogP contribution in [0.3, 0.4) is 0 Å². The van der Waals surface area contributed by atoms with Gasteiger partial charge in [-0.05, 0) is 38.0 Å². The normalized spacial score (nSPS) is 33.9. The van der Waals surface area contributed by atoms with Crippen molar-refractivity contribution < 1.29 is 0 Å². The highest BCUT2D eigenvalue weighted by atomic mass is 15.3.